The average Bonchev–Trinajstić information content (AvgIpc) is 2.50. The summed E-state index contributed by atoms with van der Waals surface area (Å²) < 4.78 is 0.623. The maximum Gasteiger partial charge on any atom is 0.278 e. The van der Waals surface area contributed by atoms with Crippen LogP contribution in [0.2, 0.25) is 0 Å². The van der Waals surface area contributed by atoms with Gasteiger partial charge in [0.1, 0.15) is 5.75 Å². The molecule has 22 heavy (non-hydrogen) atoms. The number of nitro groups is 1. The lowest BCUT2D eigenvalue weighted by Crippen LogP contribution is -2.17. The van der Waals surface area contributed by atoms with Crippen molar-refractivity contribution in [3.8, 4) is 5.75 Å². The number of nitro benzene ring substituents is 1. The standard InChI is InChI=1S/C14H10BrN3O4/c15-10-5-6-13(19)11(7-10)14(20)17-16-8-9-3-1-2-4-12(9)18(21)22/h1-8,19H,(H,17,20)/b16-8+. The molecule has 1 amide bonds. The van der Waals surface area contributed by atoms with E-state index in [0.717, 1.165) is 0 Å². The Morgan fingerprint density at radius 2 is 2.05 bits per heavy atom. The molecule has 0 unspecified atom stereocenters. The Morgan fingerprint density at radius 1 is 1.32 bits per heavy atom. The summed E-state index contributed by atoms with van der Waals surface area (Å²) in [5.74, 6) is -0.824. The molecule has 0 spiro atoms. The molecule has 0 aromatic heterocycles. The molecule has 0 aliphatic rings. The fraction of sp³-hybridized carbons (Fsp3) is 0. The molecule has 0 saturated heterocycles. The van der Waals surface area contributed by atoms with Crippen LogP contribution in [0.5, 0.6) is 5.75 Å². The van der Waals surface area contributed by atoms with Crippen LogP contribution in [-0.2, 0) is 0 Å². The highest BCUT2D eigenvalue weighted by Crippen LogP contribution is 2.21. The van der Waals surface area contributed by atoms with Crippen LogP contribution in [0.3, 0.4) is 0 Å². The maximum absolute atomic E-state index is 11.9. The molecule has 0 atom stereocenters. The van der Waals surface area contributed by atoms with Crippen molar-refractivity contribution < 1.29 is 14.8 Å². The second-order valence-electron chi connectivity index (χ2n) is 4.18. The molecular weight excluding hydrogens is 354 g/mol. The molecule has 2 aromatic carbocycles. The third-order valence-corrected chi connectivity index (χ3v) is 3.20. The number of hydrogen-bond acceptors (Lipinski definition) is 5. The number of hydrogen-bond donors (Lipinski definition) is 2. The number of benzene rings is 2. The van der Waals surface area contributed by atoms with Gasteiger partial charge in [0.2, 0.25) is 0 Å². The van der Waals surface area contributed by atoms with Crippen LogP contribution in [0, 0.1) is 10.1 Å². The number of para-hydroxylation sites is 1. The van der Waals surface area contributed by atoms with Crippen molar-refractivity contribution in [2.45, 2.75) is 0 Å². The summed E-state index contributed by atoms with van der Waals surface area (Å²) in [4.78, 5) is 22.2. The van der Waals surface area contributed by atoms with Gasteiger partial charge in [0, 0.05) is 10.5 Å². The van der Waals surface area contributed by atoms with Gasteiger partial charge in [-0.15, -0.1) is 0 Å². The number of amides is 1. The Labute approximate surface area is 133 Å². The number of nitrogens with zero attached hydrogens (tertiary/aromatic N) is 2. The van der Waals surface area contributed by atoms with Crippen LogP contribution in [0.25, 0.3) is 0 Å². The maximum atomic E-state index is 11.9. The van der Waals surface area contributed by atoms with Gasteiger partial charge >= 0.3 is 0 Å². The predicted octanol–water partition coefficient (Wildman–Crippen LogP) is 2.83. The first-order valence-corrected chi connectivity index (χ1v) is 6.83. The smallest absolute Gasteiger partial charge is 0.278 e. The highest BCUT2D eigenvalue weighted by molar-refractivity contribution is 9.10. The molecule has 0 bridgehead atoms. The van der Waals surface area contributed by atoms with Gasteiger partial charge in [-0.05, 0) is 24.3 Å². The molecule has 0 radical (unpaired) electrons. The van der Waals surface area contributed by atoms with E-state index in [4.69, 9.17) is 0 Å². The number of hydrazone groups is 1. The lowest BCUT2D eigenvalue weighted by Gasteiger charge is -2.03. The SMILES string of the molecule is O=C(N/N=C/c1ccccc1[N+](=O)[O-])c1cc(Br)ccc1O. The molecule has 7 nitrogen and oxygen atoms in total. The molecular formula is C14H10BrN3O4. The van der Waals surface area contributed by atoms with Crippen molar-refractivity contribution in [2.24, 2.45) is 5.10 Å². The first-order chi connectivity index (χ1) is 10.5. The minimum absolute atomic E-state index is 0.0362. The molecule has 2 aromatic rings. The van der Waals surface area contributed by atoms with E-state index in [1.807, 2.05) is 0 Å². The van der Waals surface area contributed by atoms with E-state index in [-0.39, 0.29) is 22.6 Å². The van der Waals surface area contributed by atoms with Crippen molar-refractivity contribution in [1.29, 1.82) is 0 Å². The minimum Gasteiger partial charge on any atom is -0.507 e. The molecule has 0 heterocycles. The second-order valence-corrected chi connectivity index (χ2v) is 5.09. The molecule has 8 heteroatoms. The quantitative estimate of drug-likeness (QED) is 0.494. The van der Waals surface area contributed by atoms with Gasteiger partial charge in [0.25, 0.3) is 11.6 Å². The van der Waals surface area contributed by atoms with Crippen LogP contribution >= 0.6 is 15.9 Å². The second kappa shape index (κ2) is 6.81. The minimum atomic E-state index is -0.631. The zero-order chi connectivity index (χ0) is 16.1. The number of carbonyl (C=O) groups is 1. The van der Waals surface area contributed by atoms with E-state index < -0.39 is 10.8 Å². The van der Waals surface area contributed by atoms with E-state index in [9.17, 15) is 20.0 Å². The van der Waals surface area contributed by atoms with Gasteiger partial charge in [0.05, 0.1) is 22.3 Å². The lowest BCUT2D eigenvalue weighted by molar-refractivity contribution is -0.385. The fourth-order valence-corrected chi connectivity index (χ4v) is 2.03. The first-order valence-electron chi connectivity index (χ1n) is 6.04. The van der Waals surface area contributed by atoms with Gasteiger partial charge in [-0.2, -0.15) is 5.10 Å². The van der Waals surface area contributed by atoms with E-state index in [1.165, 1.54) is 36.5 Å². The summed E-state index contributed by atoms with van der Waals surface area (Å²) in [6, 6.07) is 10.4. The summed E-state index contributed by atoms with van der Waals surface area (Å²) in [5, 5.41) is 24.1. The van der Waals surface area contributed by atoms with Crippen molar-refractivity contribution in [1.82, 2.24) is 5.43 Å². The first kappa shape index (κ1) is 15.6. The van der Waals surface area contributed by atoms with Gasteiger partial charge in [-0.1, -0.05) is 28.1 Å². The number of halogens is 1. The number of phenolic OH excluding ortho intramolecular Hbond substituents is 1. The highest BCUT2D eigenvalue weighted by atomic mass is 79.9. The summed E-state index contributed by atoms with van der Waals surface area (Å²) >= 11 is 3.19. The van der Waals surface area contributed by atoms with Crippen molar-refractivity contribution in [2.75, 3.05) is 0 Å². The third-order valence-electron chi connectivity index (χ3n) is 2.71. The third kappa shape index (κ3) is 3.67. The number of nitrogens with one attached hydrogen (secondary N) is 1. The van der Waals surface area contributed by atoms with Crippen LogP contribution in [0.4, 0.5) is 5.69 Å². The zero-order valence-corrected chi connectivity index (χ0v) is 12.6. The van der Waals surface area contributed by atoms with Crippen LogP contribution in [0.1, 0.15) is 15.9 Å². The van der Waals surface area contributed by atoms with E-state index >= 15 is 0 Å². The average molecular weight is 364 g/mol. The van der Waals surface area contributed by atoms with Gasteiger partial charge < -0.3 is 5.11 Å². The number of phenols is 1. The van der Waals surface area contributed by atoms with E-state index in [1.54, 1.807) is 12.1 Å². The van der Waals surface area contributed by atoms with Gasteiger partial charge in [-0.3, -0.25) is 14.9 Å². The van der Waals surface area contributed by atoms with Crippen molar-refractivity contribution in [3.63, 3.8) is 0 Å². The topological polar surface area (TPSA) is 105 Å². The van der Waals surface area contributed by atoms with Crippen LogP contribution in [0.15, 0.2) is 52.0 Å². The highest BCUT2D eigenvalue weighted by Gasteiger charge is 2.12. The van der Waals surface area contributed by atoms with E-state index in [2.05, 4.69) is 26.5 Å². The molecule has 0 saturated carbocycles. The number of aromatic hydroxyl groups is 1. The summed E-state index contributed by atoms with van der Waals surface area (Å²) in [5.41, 5.74) is 2.38. The number of carbonyl (C=O) groups excluding carboxylic acids is 1. The van der Waals surface area contributed by atoms with Crippen molar-refractivity contribution >= 4 is 33.7 Å². The Morgan fingerprint density at radius 3 is 2.77 bits per heavy atom. The molecule has 2 N–H and O–H groups in total. The summed E-state index contributed by atoms with van der Waals surface area (Å²) in [6.07, 6.45) is 1.17. The van der Waals surface area contributed by atoms with Crippen molar-refractivity contribution in [3.05, 3.63) is 68.2 Å². The Hall–Kier alpha value is -2.74. The Balaban J connectivity index is 2.14. The molecule has 0 aliphatic carbocycles. The van der Waals surface area contributed by atoms with Gasteiger partial charge in [0.15, 0.2) is 0 Å². The largest absolute Gasteiger partial charge is 0.507 e. The molecule has 112 valence electrons. The molecule has 0 aliphatic heterocycles. The monoisotopic (exact) mass is 363 g/mol. The zero-order valence-electron chi connectivity index (χ0n) is 11.1. The summed E-state index contributed by atoms with van der Waals surface area (Å²) in [6.45, 7) is 0. The Bertz CT molecular complexity index is 762. The Kier molecular flexibility index (Phi) is 4.84. The van der Waals surface area contributed by atoms with E-state index in [0.29, 0.717) is 4.47 Å². The summed E-state index contributed by atoms with van der Waals surface area (Å²) in [7, 11) is 0. The fourth-order valence-electron chi connectivity index (χ4n) is 1.67. The number of rotatable bonds is 4. The molecule has 2 rings (SSSR count). The lowest BCUT2D eigenvalue weighted by atomic mass is 10.2. The normalized spacial score (nSPS) is 10.6. The molecule has 0 fully saturated rings. The van der Waals surface area contributed by atoms with Crippen LogP contribution < -0.4 is 5.43 Å². The van der Waals surface area contributed by atoms with Gasteiger partial charge in [-0.25, -0.2) is 5.43 Å². The van der Waals surface area contributed by atoms with Crippen LogP contribution in [-0.4, -0.2) is 22.2 Å². The predicted molar refractivity (Wildman–Crippen MR) is 84.0 cm³/mol.